The quantitative estimate of drug-likeness (QED) is 0.642. The molecule has 8 heteroatoms. The van der Waals surface area contributed by atoms with Crippen molar-refractivity contribution in [2.24, 2.45) is 0 Å². The molecule has 1 fully saturated rings. The summed E-state index contributed by atoms with van der Waals surface area (Å²) in [5.41, 5.74) is 1.27. The molecule has 6 nitrogen and oxygen atoms in total. The molecule has 1 saturated heterocycles. The van der Waals surface area contributed by atoms with E-state index in [1.807, 2.05) is 23.1 Å². The van der Waals surface area contributed by atoms with E-state index < -0.39 is 15.8 Å². The van der Waals surface area contributed by atoms with Gasteiger partial charge in [0.1, 0.15) is 5.82 Å². The van der Waals surface area contributed by atoms with Crippen LogP contribution in [0.1, 0.15) is 18.4 Å². The Bertz CT molecular complexity index is 928. The van der Waals surface area contributed by atoms with Crippen molar-refractivity contribution in [3.8, 4) is 0 Å². The minimum Gasteiger partial charge on any atom is -0.340 e. The lowest BCUT2D eigenvalue weighted by Crippen LogP contribution is -2.48. The molecular weight excluding hydrogens is 405 g/mol. The number of hydrogen-bond donors (Lipinski definition) is 0. The standard InChI is InChI=1S/C22H28FN3O3S/c1-24(30(28,29)21-11-9-20(23)10-12-21)13-5-8-22(27)26-16-14-25(15-17-26)18-19-6-3-2-4-7-19/h2-4,6-7,9-12H,5,8,13-18H2,1H3. The maximum Gasteiger partial charge on any atom is 0.242 e. The van der Waals surface area contributed by atoms with Crippen LogP contribution in [0.4, 0.5) is 4.39 Å². The summed E-state index contributed by atoms with van der Waals surface area (Å²) < 4.78 is 39.3. The highest BCUT2D eigenvalue weighted by Crippen LogP contribution is 2.16. The van der Waals surface area contributed by atoms with Crippen molar-refractivity contribution in [3.05, 3.63) is 66.0 Å². The Hall–Kier alpha value is -2.29. The second-order valence-electron chi connectivity index (χ2n) is 7.53. The lowest BCUT2D eigenvalue weighted by molar-refractivity contribution is -0.133. The fourth-order valence-corrected chi connectivity index (χ4v) is 4.72. The maximum atomic E-state index is 13.0. The topological polar surface area (TPSA) is 60.9 Å². The molecule has 2 aromatic rings. The number of benzene rings is 2. The third-order valence-electron chi connectivity index (χ3n) is 5.36. The van der Waals surface area contributed by atoms with Gasteiger partial charge in [0.2, 0.25) is 15.9 Å². The van der Waals surface area contributed by atoms with E-state index in [0.29, 0.717) is 25.9 Å². The number of carbonyl (C=O) groups excluding carboxylic acids is 1. The highest BCUT2D eigenvalue weighted by molar-refractivity contribution is 7.89. The lowest BCUT2D eigenvalue weighted by Gasteiger charge is -2.35. The first-order valence-electron chi connectivity index (χ1n) is 10.1. The van der Waals surface area contributed by atoms with Crippen LogP contribution in [0.3, 0.4) is 0 Å². The molecule has 2 aromatic carbocycles. The van der Waals surface area contributed by atoms with E-state index in [0.717, 1.165) is 31.8 Å². The van der Waals surface area contributed by atoms with Crippen LogP contribution in [0.15, 0.2) is 59.5 Å². The number of sulfonamides is 1. The van der Waals surface area contributed by atoms with Gasteiger partial charge in [0.25, 0.3) is 0 Å². The molecule has 30 heavy (non-hydrogen) atoms. The van der Waals surface area contributed by atoms with Gasteiger partial charge < -0.3 is 4.90 Å². The Morgan fingerprint density at radius 2 is 1.63 bits per heavy atom. The average molecular weight is 434 g/mol. The first-order valence-corrected chi connectivity index (χ1v) is 11.6. The monoisotopic (exact) mass is 433 g/mol. The van der Waals surface area contributed by atoms with Crippen molar-refractivity contribution in [1.29, 1.82) is 0 Å². The Morgan fingerprint density at radius 3 is 2.27 bits per heavy atom. The summed E-state index contributed by atoms with van der Waals surface area (Å²) >= 11 is 0. The average Bonchev–Trinajstić information content (AvgIpc) is 2.75. The van der Waals surface area contributed by atoms with Crippen LogP contribution in [-0.2, 0) is 21.4 Å². The Kier molecular flexibility index (Phi) is 7.58. The van der Waals surface area contributed by atoms with Gasteiger partial charge in [0.05, 0.1) is 4.90 Å². The van der Waals surface area contributed by atoms with Gasteiger partial charge in [0.15, 0.2) is 0 Å². The highest BCUT2D eigenvalue weighted by atomic mass is 32.2. The number of piperazine rings is 1. The molecular formula is C22H28FN3O3S. The van der Waals surface area contributed by atoms with E-state index in [2.05, 4.69) is 17.0 Å². The van der Waals surface area contributed by atoms with E-state index in [9.17, 15) is 17.6 Å². The number of hydrogen-bond acceptors (Lipinski definition) is 4. The fraction of sp³-hybridized carbons (Fsp3) is 0.409. The van der Waals surface area contributed by atoms with Crippen molar-refractivity contribution in [1.82, 2.24) is 14.1 Å². The Balaban J connectivity index is 1.41. The van der Waals surface area contributed by atoms with E-state index in [-0.39, 0.29) is 17.3 Å². The maximum absolute atomic E-state index is 13.0. The van der Waals surface area contributed by atoms with Crippen LogP contribution < -0.4 is 0 Å². The largest absolute Gasteiger partial charge is 0.340 e. The number of nitrogens with zero attached hydrogens (tertiary/aromatic N) is 3. The molecule has 1 heterocycles. The summed E-state index contributed by atoms with van der Waals surface area (Å²) in [5.74, 6) is -0.423. The fourth-order valence-electron chi connectivity index (χ4n) is 3.51. The first kappa shape index (κ1) is 22.4. The molecule has 1 amide bonds. The zero-order chi connectivity index (χ0) is 21.6. The van der Waals surface area contributed by atoms with Crippen LogP contribution in [0.25, 0.3) is 0 Å². The lowest BCUT2D eigenvalue weighted by atomic mass is 10.2. The zero-order valence-corrected chi connectivity index (χ0v) is 18.0. The second-order valence-corrected chi connectivity index (χ2v) is 9.57. The Labute approximate surface area is 177 Å². The Morgan fingerprint density at radius 1 is 1.00 bits per heavy atom. The summed E-state index contributed by atoms with van der Waals surface area (Å²) in [6.07, 6.45) is 0.752. The molecule has 0 saturated carbocycles. The summed E-state index contributed by atoms with van der Waals surface area (Å²) in [6.45, 7) is 4.16. The highest BCUT2D eigenvalue weighted by Gasteiger charge is 2.23. The molecule has 0 N–H and O–H groups in total. The van der Waals surface area contributed by atoms with Crippen LogP contribution >= 0.6 is 0 Å². The third-order valence-corrected chi connectivity index (χ3v) is 7.23. The molecule has 1 aliphatic heterocycles. The van der Waals surface area contributed by atoms with Crippen molar-refractivity contribution < 1.29 is 17.6 Å². The van der Waals surface area contributed by atoms with Crippen LogP contribution in [-0.4, -0.2) is 68.2 Å². The van der Waals surface area contributed by atoms with Gasteiger partial charge in [0, 0.05) is 52.7 Å². The molecule has 0 aromatic heterocycles. The summed E-state index contributed by atoms with van der Waals surface area (Å²) in [5, 5.41) is 0. The van der Waals surface area contributed by atoms with Gasteiger partial charge in [-0.15, -0.1) is 0 Å². The minimum absolute atomic E-state index is 0.0484. The van der Waals surface area contributed by atoms with Crippen molar-refractivity contribution >= 4 is 15.9 Å². The number of carbonyl (C=O) groups is 1. The van der Waals surface area contributed by atoms with Crippen LogP contribution in [0.2, 0.25) is 0 Å². The summed E-state index contributed by atoms with van der Waals surface area (Å²) in [6, 6.07) is 15.0. The molecule has 3 rings (SSSR count). The van der Waals surface area contributed by atoms with Gasteiger partial charge in [-0.05, 0) is 36.2 Å². The van der Waals surface area contributed by atoms with Crippen molar-refractivity contribution in [2.45, 2.75) is 24.3 Å². The molecule has 0 aliphatic carbocycles. The summed E-state index contributed by atoms with van der Waals surface area (Å²) in [7, 11) is -2.20. The minimum atomic E-state index is -3.68. The number of halogens is 1. The van der Waals surface area contributed by atoms with Gasteiger partial charge in [-0.3, -0.25) is 9.69 Å². The summed E-state index contributed by atoms with van der Waals surface area (Å²) in [4.78, 5) is 16.7. The number of rotatable bonds is 8. The third kappa shape index (κ3) is 5.87. The van der Waals surface area contributed by atoms with Gasteiger partial charge in [-0.25, -0.2) is 17.1 Å². The van der Waals surface area contributed by atoms with Crippen LogP contribution in [0.5, 0.6) is 0 Å². The van der Waals surface area contributed by atoms with E-state index in [1.54, 1.807) is 0 Å². The van der Waals surface area contributed by atoms with Crippen LogP contribution in [0, 0.1) is 5.82 Å². The van der Waals surface area contributed by atoms with Gasteiger partial charge in [-0.2, -0.15) is 0 Å². The molecule has 1 aliphatic rings. The SMILES string of the molecule is CN(CCCC(=O)N1CCN(Cc2ccccc2)CC1)S(=O)(=O)c1ccc(F)cc1. The first-order chi connectivity index (χ1) is 14.4. The molecule has 0 atom stereocenters. The van der Waals surface area contributed by atoms with E-state index in [4.69, 9.17) is 0 Å². The predicted molar refractivity (Wildman–Crippen MR) is 114 cm³/mol. The van der Waals surface area contributed by atoms with Gasteiger partial charge in [-0.1, -0.05) is 30.3 Å². The van der Waals surface area contributed by atoms with Gasteiger partial charge >= 0.3 is 0 Å². The number of amides is 1. The molecule has 0 radical (unpaired) electrons. The van der Waals surface area contributed by atoms with E-state index in [1.165, 1.54) is 29.0 Å². The smallest absolute Gasteiger partial charge is 0.242 e. The zero-order valence-electron chi connectivity index (χ0n) is 17.2. The molecule has 0 unspecified atom stereocenters. The second kappa shape index (κ2) is 10.1. The normalized spacial score (nSPS) is 15.5. The molecule has 0 bridgehead atoms. The molecule has 162 valence electrons. The molecule has 0 spiro atoms. The van der Waals surface area contributed by atoms with Crippen molar-refractivity contribution in [3.63, 3.8) is 0 Å². The predicted octanol–water partition coefficient (Wildman–Crippen LogP) is 2.57. The van der Waals surface area contributed by atoms with Crippen molar-refractivity contribution in [2.75, 3.05) is 39.8 Å². The van der Waals surface area contributed by atoms with E-state index >= 15 is 0 Å².